The number of sulfonamides is 1. The number of anilines is 2. The molecule has 106 valence electrons. The molecule has 0 aliphatic carbocycles. The van der Waals surface area contributed by atoms with Crippen LogP contribution in [0.25, 0.3) is 0 Å². The lowest BCUT2D eigenvalue weighted by Gasteiger charge is -2.09. The fourth-order valence-corrected chi connectivity index (χ4v) is 2.16. The summed E-state index contributed by atoms with van der Waals surface area (Å²) in [6.07, 6.45) is 0. The number of esters is 1. The summed E-state index contributed by atoms with van der Waals surface area (Å²) in [5.41, 5.74) is 4.23. The second kappa shape index (κ2) is 5.83. The lowest BCUT2D eigenvalue weighted by Crippen LogP contribution is -2.25. The van der Waals surface area contributed by atoms with Crippen LogP contribution in [-0.2, 0) is 19.6 Å². The van der Waals surface area contributed by atoms with Crippen LogP contribution >= 0.6 is 0 Å². The highest BCUT2D eigenvalue weighted by molar-refractivity contribution is 7.93. The fraction of sp³-hybridized carbons (Fsp3) is 0.300. The standard InChI is InChI=1S/C10H12F2N2O4S/c1-2-18-10(15)5-19(16,17)14-9-4-8(13)6(11)3-7(9)12/h3-4,14H,2,5,13H2,1H3. The Hall–Kier alpha value is -1.90. The number of benzene rings is 1. The van der Waals surface area contributed by atoms with Crippen molar-refractivity contribution < 1.29 is 26.7 Å². The molecule has 9 heteroatoms. The van der Waals surface area contributed by atoms with Gasteiger partial charge in [0.05, 0.1) is 18.0 Å². The molecule has 0 saturated heterocycles. The lowest BCUT2D eigenvalue weighted by molar-refractivity contribution is -0.139. The first-order valence-electron chi connectivity index (χ1n) is 5.16. The van der Waals surface area contributed by atoms with Gasteiger partial charge in [0.2, 0.25) is 10.0 Å². The molecular weight excluding hydrogens is 282 g/mol. The Morgan fingerprint density at radius 3 is 2.58 bits per heavy atom. The van der Waals surface area contributed by atoms with Crippen molar-refractivity contribution in [2.75, 3.05) is 22.8 Å². The number of rotatable bonds is 5. The van der Waals surface area contributed by atoms with Gasteiger partial charge in [-0.2, -0.15) is 0 Å². The van der Waals surface area contributed by atoms with E-state index in [-0.39, 0.29) is 6.61 Å². The molecule has 19 heavy (non-hydrogen) atoms. The average Bonchev–Trinajstić information content (AvgIpc) is 2.24. The molecule has 0 heterocycles. The monoisotopic (exact) mass is 294 g/mol. The molecule has 0 unspecified atom stereocenters. The minimum absolute atomic E-state index is 0.0201. The Balaban J connectivity index is 2.90. The molecule has 3 N–H and O–H groups in total. The largest absolute Gasteiger partial charge is 0.465 e. The van der Waals surface area contributed by atoms with Gasteiger partial charge in [0.25, 0.3) is 0 Å². The third-order valence-corrected chi connectivity index (χ3v) is 3.11. The third-order valence-electron chi connectivity index (χ3n) is 1.97. The van der Waals surface area contributed by atoms with Crippen LogP contribution in [0.4, 0.5) is 20.2 Å². The molecule has 1 aromatic carbocycles. The van der Waals surface area contributed by atoms with Gasteiger partial charge >= 0.3 is 5.97 Å². The van der Waals surface area contributed by atoms with E-state index in [0.717, 1.165) is 6.07 Å². The zero-order valence-electron chi connectivity index (χ0n) is 9.94. The lowest BCUT2D eigenvalue weighted by atomic mass is 10.2. The van der Waals surface area contributed by atoms with Gasteiger partial charge in [-0.05, 0) is 13.0 Å². The van der Waals surface area contributed by atoms with Crippen molar-refractivity contribution in [2.24, 2.45) is 0 Å². The zero-order chi connectivity index (χ0) is 14.6. The quantitative estimate of drug-likeness (QED) is 0.619. The molecule has 6 nitrogen and oxygen atoms in total. The molecular formula is C10H12F2N2O4S. The predicted octanol–water partition coefficient (Wildman–Crippen LogP) is 0.852. The Morgan fingerprint density at radius 1 is 1.37 bits per heavy atom. The number of carbonyl (C=O) groups excluding carboxylic acids is 1. The van der Waals surface area contributed by atoms with E-state index in [4.69, 9.17) is 5.73 Å². The normalized spacial score (nSPS) is 11.1. The summed E-state index contributed by atoms with van der Waals surface area (Å²) in [5, 5.41) is 0. The van der Waals surface area contributed by atoms with E-state index < -0.39 is 44.8 Å². The Labute approximate surface area is 108 Å². The molecule has 1 rings (SSSR count). The molecule has 0 aromatic heterocycles. The van der Waals surface area contributed by atoms with Crippen LogP contribution in [0, 0.1) is 11.6 Å². The van der Waals surface area contributed by atoms with Crippen LogP contribution in [0.5, 0.6) is 0 Å². The summed E-state index contributed by atoms with van der Waals surface area (Å²) in [4.78, 5) is 11.0. The Kier molecular flexibility index (Phi) is 4.65. The number of halogens is 2. The van der Waals surface area contributed by atoms with Gasteiger partial charge in [0, 0.05) is 6.07 Å². The van der Waals surface area contributed by atoms with Crippen molar-refractivity contribution in [1.29, 1.82) is 0 Å². The number of ether oxygens (including phenoxy) is 1. The van der Waals surface area contributed by atoms with Crippen molar-refractivity contribution in [3.05, 3.63) is 23.8 Å². The van der Waals surface area contributed by atoms with Crippen molar-refractivity contribution in [3.63, 3.8) is 0 Å². The summed E-state index contributed by atoms with van der Waals surface area (Å²) in [6, 6.07) is 1.23. The number of nitrogen functional groups attached to an aromatic ring is 1. The maximum Gasteiger partial charge on any atom is 0.323 e. The summed E-state index contributed by atoms with van der Waals surface area (Å²) >= 11 is 0. The molecule has 0 saturated carbocycles. The van der Waals surface area contributed by atoms with Crippen molar-refractivity contribution >= 4 is 27.4 Å². The van der Waals surface area contributed by atoms with E-state index in [9.17, 15) is 22.0 Å². The molecule has 0 radical (unpaired) electrons. The number of nitrogens with two attached hydrogens (primary N) is 1. The minimum Gasteiger partial charge on any atom is -0.465 e. The summed E-state index contributed by atoms with van der Waals surface area (Å²) < 4.78 is 55.5. The van der Waals surface area contributed by atoms with Gasteiger partial charge in [-0.25, -0.2) is 17.2 Å². The maximum absolute atomic E-state index is 13.3. The number of hydrogen-bond acceptors (Lipinski definition) is 5. The second-order valence-corrected chi connectivity index (χ2v) is 5.24. The number of carbonyl (C=O) groups is 1. The highest BCUT2D eigenvalue weighted by atomic mass is 32.2. The van der Waals surface area contributed by atoms with Crippen molar-refractivity contribution in [3.8, 4) is 0 Å². The highest BCUT2D eigenvalue weighted by Gasteiger charge is 2.20. The van der Waals surface area contributed by atoms with Crippen LogP contribution in [0.1, 0.15) is 6.92 Å². The van der Waals surface area contributed by atoms with E-state index in [1.807, 2.05) is 0 Å². The van der Waals surface area contributed by atoms with E-state index in [1.54, 1.807) is 4.72 Å². The van der Waals surface area contributed by atoms with Gasteiger partial charge in [-0.3, -0.25) is 9.52 Å². The van der Waals surface area contributed by atoms with Gasteiger partial charge in [0.1, 0.15) is 11.6 Å². The summed E-state index contributed by atoms with van der Waals surface area (Å²) in [5.74, 6) is -4.10. The molecule has 0 aliphatic rings. The third kappa shape index (κ3) is 4.36. The maximum atomic E-state index is 13.3. The molecule has 0 amide bonds. The minimum atomic E-state index is -4.15. The Bertz CT molecular complexity index is 589. The highest BCUT2D eigenvalue weighted by Crippen LogP contribution is 2.22. The molecule has 0 aliphatic heterocycles. The average molecular weight is 294 g/mol. The van der Waals surface area contributed by atoms with Crippen LogP contribution in [0.15, 0.2) is 12.1 Å². The van der Waals surface area contributed by atoms with Gasteiger partial charge in [-0.15, -0.1) is 0 Å². The predicted molar refractivity (Wildman–Crippen MR) is 64.8 cm³/mol. The second-order valence-electron chi connectivity index (χ2n) is 3.52. The van der Waals surface area contributed by atoms with Gasteiger partial charge in [0.15, 0.2) is 5.75 Å². The first kappa shape index (κ1) is 15.2. The summed E-state index contributed by atoms with van der Waals surface area (Å²) in [6.45, 7) is 1.53. The number of hydrogen-bond donors (Lipinski definition) is 2. The first-order valence-corrected chi connectivity index (χ1v) is 6.81. The van der Waals surface area contributed by atoms with Crippen LogP contribution in [0.3, 0.4) is 0 Å². The smallest absolute Gasteiger partial charge is 0.323 e. The van der Waals surface area contributed by atoms with Crippen LogP contribution in [0.2, 0.25) is 0 Å². The fourth-order valence-electron chi connectivity index (χ4n) is 1.21. The van der Waals surface area contributed by atoms with E-state index in [0.29, 0.717) is 6.07 Å². The van der Waals surface area contributed by atoms with Crippen LogP contribution < -0.4 is 10.5 Å². The first-order chi connectivity index (χ1) is 8.75. The number of nitrogens with one attached hydrogen (secondary N) is 1. The molecule has 0 bridgehead atoms. The molecule has 0 fully saturated rings. The molecule has 0 spiro atoms. The van der Waals surface area contributed by atoms with E-state index in [1.165, 1.54) is 6.92 Å². The molecule has 1 aromatic rings. The SMILES string of the molecule is CCOC(=O)CS(=O)(=O)Nc1cc(N)c(F)cc1F. The van der Waals surface area contributed by atoms with Gasteiger partial charge in [-0.1, -0.05) is 0 Å². The van der Waals surface area contributed by atoms with E-state index in [2.05, 4.69) is 4.74 Å². The van der Waals surface area contributed by atoms with Crippen molar-refractivity contribution in [2.45, 2.75) is 6.92 Å². The zero-order valence-corrected chi connectivity index (χ0v) is 10.8. The Morgan fingerprint density at radius 2 is 2.00 bits per heavy atom. The van der Waals surface area contributed by atoms with Gasteiger partial charge < -0.3 is 10.5 Å². The topological polar surface area (TPSA) is 98.5 Å². The summed E-state index contributed by atoms with van der Waals surface area (Å²) in [7, 11) is -4.15. The van der Waals surface area contributed by atoms with Crippen LogP contribution in [-0.4, -0.2) is 26.7 Å². The molecule has 0 atom stereocenters. The van der Waals surface area contributed by atoms with Crippen molar-refractivity contribution in [1.82, 2.24) is 0 Å². The van der Waals surface area contributed by atoms with E-state index >= 15 is 0 Å².